The van der Waals surface area contributed by atoms with E-state index in [2.05, 4.69) is 15.5 Å². The van der Waals surface area contributed by atoms with Gasteiger partial charge < -0.3 is 10.4 Å². The fraction of sp³-hybridized carbons (Fsp3) is 0.727. The number of nitrogens with one attached hydrogen (secondary N) is 1. The van der Waals surface area contributed by atoms with Gasteiger partial charge in [0.2, 0.25) is 0 Å². The summed E-state index contributed by atoms with van der Waals surface area (Å²) in [6.07, 6.45) is 1.48. The number of nitrogens with zero attached hydrogens (tertiary/aromatic N) is 2. The van der Waals surface area contributed by atoms with Crippen molar-refractivity contribution in [1.29, 1.82) is 0 Å². The number of carboxylic acids is 1. The van der Waals surface area contributed by atoms with Gasteiger partial charge in [-0.15, -0.1) is 10.2 Å². The summed E-state index contributed by atoms with van der Waals surface area (Å²) >= 11 is 3.10. The van der Waals surface area contributed by atoms with Crippen LogP contribution in [-0.4, -0.2) is 39.1 Å². The molecule has 0 aliphatic carbocycles. The first kappa shape index (κ1) is 15.4. The van der Waals surface area contributed by atoms with Gasteiger partial charge in [-0.2, -0.15) is 0 Å². The Morgan fingerprint density at radius 2 is 2.28 bits per heavy atom. The Bertz CT molecular complexity index is 397. The lowest BCUT2D eigenvalue weighted by atomic mass is 9.99. The fourth-order valence-electron chi connectivity index (χ4n) is 1.35. The zero-order valence-electron chi connectivity index (χ0n) is 10.9. The van der Waals surface area contributed by atoms with Gasteiger partial charge in [-0.1, -0.05) is 30.0 Å². The van der Waals surface area contributed by atoms with Gasteiger partial charge in [0.25, 0.3) is 0 Å². The van der Waals surface area contributed by atoms with Gasteiger partial charge in [0, 0.05) is 5.75 Å². The normalized spacial score (nSPS) is 14.4. The lowest BCUT2D eigenvalue weighted by Gasteiger charge is -2.25. The summed E-state index contributed by atoms with van der Waals surface area (Å²) in [5.74, 6) is -0.0845. The summed E-state index contributed by atoms with van der Waals surface area (Å²) in [5.41, 5.74) is -0.858. The highest BCUT2D eigenvalue weighted by Crippen LogP contribution is 2.24. The second kappa shape index (κ2) is 7.06. The predicted octanol–water partition coefficient (Wildman–Crippen LogP) is 2.17. The summed E-state index contributed by atoms with van der Waals surface area (Å²) in [4.78, 5) is 11.3. The molecule has 0 aliphatic heterocycles. The maximum Gasteiger partial charge on any atom is 0.323 e. The maximum absolute atomic E-state index is 11.3. The molecule has 1 aromatic rings. The number of hydrogen-bond donors (Lipinski definition) is 2. The van der Waals surface area contributed by atoms with Gasteiger partial charge in [-0.3, -0.25) is 4.79 Å². The number of carbonyl (C=O) groups is 1. The van der Waals surface area contributed by atoms with Crippen molar-refractivity contribution in [1.82, 2.24) is 15.5 Å². The third-order valence-electron chi connectivity index (χ3n) is 2.57. The van der Waals surface area contributed by atoms with Crippen LogP contribution in [0.25, 0.3) is 0 Å². The van der Waals surface area contributed by atoms with Crippen LogP contribution < -0.4 is 5.32 Å². The van der Waals surface area contributed by atoms with E-state index in [9.17, 15) is 9.90 Å². The Labute approximate surface area is 115 Å². The molecule has 0 spiro atoms. The van der Waals surface area contributed by atoms with Crippen molar-refractivity contribution < 1.29 is 9.90 Å². The highest BCUT2D eigenvalue weighted by Gasteiger charge is 2.31. The largest absolute Gasteiger partial charge is 0.480 e. The SMILES string of the molecule is CCCNC(C)(CCSc1nnc(C)s1)C(=O)O. The van der Waals surface area contributed by atoms with Gasteiger partial charge in [0.15, 0.2) is 4.34 Å². The molecule has 2 N–H and O–H groups in total. The lowest BCUT2D eigenvalue weighted by Crippen LogP contribution is -2.50. The van der Waals surface area contributed by atoms with Crippen LogP contribution in [0, 0.1) is 6.92 Å². The van der Waals surface area contributed by atoms with Crippen molar-refractivity contribution in [3.05, 3.63) is 5.01 Å². The highest BCUT2D eigenvalue weighted by molar-refractivity contribution is 8.01. The molecule has 0 fully saturated rings. The Morgan fingerprint density at radius 1 is 1.56 bits per heavy atom. The number of rotatable bonds is 8. The van der Waals surface area contributed by atoms with Gasteiger partial charge in [0.05, 0.1) is 0 Å². The molecule has 102 valence electrons. The van der Waals surface area contributed by atoms with Crippen molar-refractivity contribution in [2.75, 3.05) is 12.3 Å². The molecule has 0 saturated heterocycles. The van der Waals surface area contributed by atoms with Crippen molar-refractivity contribution >= 4 is 29.1 Å². The van der Waals surface area contributed by atoms with Crippen LogP contribution in [0.2, 0.25) is 0 Å². The molecule has 1 atom stereocenters. The van der Waals surface area contributed by atoms with Crippen molar-refractivity contribution in [2.24, 2.45) is 0 Å². The average Bonchev–Trinajstić information content (AvgIpc) is 2.72. The van der Waals surface area contributed by atoms with E-state index in [0.717, 1.165) is 15.8 Å². The molecule has 1 rings (SSSR count). The molecule has 0 aromatic carbocycles. The molecule has 0 amide bonds. The molecule has 18 heavy (non-hydrogen) atoms. The molecule has 1 aromatic heterocycles. The number of carboxylic acid groups (broad SMARTS) is 1. The molecule has 1 unspecified atom stereocenters. The summed E-state index contributed by atoms with van der Waals surface area (Å²) in [6, 6.07) is 0. The van der Waals surface area contributed by atoms with Crippen molar-refractivity contribution in [3.8, 4) is 0 Å². The summed E-state index contributed by atoms with van der Waals surface area (Å²) in [5, 5.41) is 21.2. The van der Waals surface area contributed by atoms with E-state index in [1.54, 1.807) is 18.7 Å². The molecule has 1 heterocycles. The summed E-state index contributed by atoms with van der Waals surface area (Å²) in [7, 11) is 0. The van der Waals surface area contributed by atoms with E-state index in [1.165, 1.54) is 11.3 Å². The monoisotopic (exact) mass is 289 g/mol. The molecular formula is C11H19N3O2S2. The Balaban J connectivity index is 2.44. The first-order chi connectivity index (χ1) is 8.48. The van der Waals surface area contributed by atoms with Crippen LogP contribution in [0.3, 0.4) is 0 Å². The first-order valence-electron chi connectivity index (χ1n) is 5.89. The molecule has 0 aliphatic rings. The zero-order valence-corrected chi connectivity index (χ0v) is 12.5. The topological polar surface area (TPSA) is 75.1 Å². The number of aromatic nitrogens is 2. The number of hydrogen-bond acceptors (Lipinski definition) is 6. The van der Waals surface area contributed by atoms with Crippen molar-refractivity contribution in [2.45, 2.75) is 43.5 Å². The third-order valence-corrected chi connectivity index (χ3v) is 4.55. The minimum absolute atomic E-state index is 0.561. The number of thioether (sulfide) groups is 1. The second-order valence-corrected chi connectivity index (χ2v) is 6.77. The first-order valence-corrected chi connectivity index (χ1v) is 7.69. The van der Waals surface area contributed by atoms with Crippen molar-refractivity contribution in [3.63, 3.8) is 0 Å². The summed E-state index contributed by atoms with van der Waals surface area (Å²) < 4.78 is 0.899. The van der Waals surface area contributed by atoms with Crippen LogP contribution in [0.1, 0.15) is 31.7 Å². The average molecular weight is 289 g/mol. The minimum Gasteiger partial charge on any atom is -0.480 e. The standard InChI is InChI=1S/C11H19N3O2S2/c1-4-6-12-11(3,9(15)16)5-7-17-10-14-13-8(2)18-10/h12H,4-7H2,1-3H3,(H,15,16). The maximum atomic E-state index is 11.3. The summed E-state index contributed by atoms with van der Waals surface area (Å²) in [6.45, 7) is 6.38. The molecule has 0 radical (unpaired) electrons. The quantitative estimate of drug-likeness (QED) is 0.714. The Morgan fingerprint density at radius 3 is 2.78 bits per heavy atom. The van der Waals surface area contributed by atoms with E-state index in [-0.39, 0.29) is 0 Å². The molecule has 0 bridgehead atoms. The van der Waals surface area contributed by atoms with Crippen LogP contribution in [-0.2, 0) is 4.79 Å². The predicted molar refractivity (Wildman–Crippen MR) is 74.3 cm³/mol. The van der Waals surface area contributed by atoms with Crippen LogP contribution in [0.4, 0.5) is 0 Å². The van der Waals surface area contributed by atoms with E-state index < -0.39 is 11.5 Å². The molecule has 7 heteroatoms. The van der Waals surface area contributed by atoms with E-state index in [4.69, 9.17) is 0 Å². The molecule has 0 saturated carbocycles. The Hall–Kier alpha value is -0.660. The molecule has 5 nitrogen and oxygen atoms in total. The third kappa shape index (κ3) is 4.55. The highest BCUT2D eigenvalue weighted by atomic mass is 32.2. The van der Waals surface area contributed by atoms with E-state index >= 15 is 0 Å². The lowest BCUT2D eigenvalue weighted by molar-refractivity contribution is -0.144. The van der Waals surface area contributed by atoms with Gasteiger partial charge >= 0.3 is 5.97 Å². The minimum atomic E-state index is -0.858. The van der Waals surface area contributed by atoms with Gasteiger partial charge in [0.1, 0.15) is 10.5 Å². The smallest absolute Gasteiger partial charge is 0.323 e. The van der Waals surface area contributed by atoms with Crippen LogP contribution in [0.5, 0.6) is 0 Å². The van der Waals surface area contributed by atoms with Gasteiger partial charge in [-0.25, -0.2) is 0 Å². The van der Waals surface area contributed by atoms with E-state index in [0.29, 0.717) is 18.7 Å². The number of aliphatic carboxylic acids is 1. The van der Waals surface area contributed by atoms with Crippen LogP contribution >= 0.6 is 23.1 Å². The van der Waals surface area contributed by atoms with Gasteiger partial charge in [-0.05, 0) is 33.2 Å². The second-order valence-electron chi connectivity index (χ2n) is 4.25. The zero-order chi connectivity index (χ0) is 13.6. The molecular weight excluding hydrogens is 270 g/mol. The van der Waals surface area contributed by atoms with E-state index in [1.807, 2.05) is 13.8 Å². The fourth-order valence-corrected chi connectivity index (χ4v) is 3.40. The van der Waals surface area contributed by atoms with Crippen LogP contribution in [0.15, 0.2) is 4.34 Å². The Kier molecular flexibility index (Phi) is 6.04. The number of aryl methyl sites for hydroxylation is 1.